The quantitative estimate of drug-likeness (QED) is 0.211. The van der Waals surface area contributed by atoms with Crippen molar-refractivity contribution >= 4 is 41.5 Å². The number of hydrogen-bond acceptors (Lipinski definition) is 5. The summed E-state index contributed by atoms with van der Waals surface area (Å²) in [5.74, 6) is 0.898. The number of aliphatic imine (C=N–C) groups is 1. The Bertz CT molecular complexity index is 714. The summed E-state index contributed by atoms with van der Waals surface area (Å²) in [5.41, 5.74) is 0.986. The van der Waals surface area contributed by atoms with Gasteiger partial charge in [-0.1, -0.05) is 12.1 Å². The highest BCUT2D eigenvalue weighted by atomic mass is 127. The van der Waals surface area contributed by atoms with Crippen molar-refractivity contribution in [1.82, 2.24) is 15.1 Å². The number of carbonyl (C=O) groups excluding carboxylic acids is 1. The Labute approximate surface area is 187 Å². The number of nitro benzene ring substituents is 1. The summed E-state index contributed by atoms with van der Waals surface area (Å²) in [7, 11) is 0. The number of halogens is 1. The van der Waals surface area contributed by atoms with E-state index in [0.717, 1.165) is 30.9 Å². The van der Waals surface area contributed by atoms with Crippen LogP contribution in [0, 0.1) is 10.1 Å². The highest BCUT2D eigenvalue weighted by Gasteiger charge is 2.30. The zero-order valence-electron chi connectivity index (χ0n) is 16.6. The second-order valence-corrected chi connectivity index (χ2v) is 6.91. The molecule has 10 heteroatoms. The van der Waals surface area contributed by atoms with Crippen LogP contribution in [0.15, 0.2) is 29.3 Å². The first-order valence-electron chi connectivity index (χ1n) is 9.75. The molecule has 2 aliphatic heterocycles. The number of hydrogen-bond donors (Lipinski definition) is 1. The van der Waals surface area contributed by atoms with Crippen molar-refractivity contribution in [1.29, 1.82) is 0 Å². The molecule has 1 aromatic rings. The van der Waals surface area contributed by atoms with Crippen LogP contribution >= 0.6 is 24.0 Å². The second-order valence-electron chi connectivity index (χ2n) is 6.91. The summed E-state index contributed by atoms with van der Waals surface area (Å²) < 4.78 is 5.51. The number of guanidine groups is 1. The first-order chi connectivity index (χ1) is 13.6. The fraction of sp³-hybridized carbons (Fsp3) is 0.579. The van der Waals surface area contributed by atoms with E-state index in [4.69, 9.17) is 4.74 Å². The van der Waals surface area contributed by atoms with Crippen LogP contribution in [0.3, 0.4) is 0 Å². The topological polar surface area (TPSA) is 100 Å². The van der Waals surface area contributed by atoms with Gasteiger partial charge in [0.1, 0.15) is 6.10 Å². The van der Waals surface area contributed by atoms with E-state index >= 15 is 0 Å². The second kappa shape index (κ2) is 11.3. The summed E-state index contributed by atoms with van der Waals surface area (Å²) >= 11 is 0. The van der Waals surface area contributed by atoms with Gasteiger partial charge in [0.2, 0.25) is 0 Å². The number of amides is 1. The molecule has 29 heavy (non-hydrogen) atoms. The molecule has 2 aliphatic rings. The number of nitrogens with one attached hydrogen (secondary N) is 1. The molecule has 9 nitrogen and oxygen atoms in total. The number of benzene rings is 1. The maximum absolute atomic E-state index is 12.5. The molecule has 160 valence electrons. The molecular weight excluding hydrogens is 489 g/mol. The monoisotopic (exact) mass is 517 g/mol. The van der Waals surface area contributed by atoms with E-state index in [1.807, 2.05) is 11.8 Å². The van der Waals surface area contributed by atoms with E-state index in [1.165, 1.54) is 12.1 Å². The van der Waals surface area contributed by atoms with Gasteiger partial charge in [0, 0.05) is 51.5 Å². The van der Waals surface area contributed by atoms with E-state index in [0.29, 0.717) is 39.3 Å². The van der Waals surface area contributed by atoms with E-state index in [9.17, 15) is 14.9 Å². The minimum absolute atomic E-state index is 0. The number of piperazine rings is 1. The Morgan fingerprint density at radius 1 is 1.24 bits per heavy atom. The number of non-ortho nitro benzene ring substituents is 1. The molecule has 0 aromatic heterocycles. The lowest BCUT2D eigenvalue weighted by molar-refractivity contribution is -0.384. The van der Waals surface area contributed by atoms with Crippen molar-refractivity contribution in [3.8, 4) is 0 Å². The van der Waals surface area contributed by atoms with Crippen molar-refractivity contribution in [3.63, 3.8) is 0 Å². The normalized spacial score (nSPS) is 19.6. The SMILES string of the molecule is CCNC(=NCc1ccc([N+](=O)[O-])cc1)N1CCN(C(=O)C2CCCO2)CC1.I. The molecule has 2 saturated heterocycles. The maximum Gasteiger partial charge on any atom is 0.269 e. The Morgan fingerprint density at radius 3 is 2.45 bits per heavy atom. The van der Waals surface area contributed by atoms with E-state index < -0.39 is 4.92 Å². The van der Waals surface area contributed by atoms with Crippen LogP contribution in [-0.4, -0.2) is 72.0 Å². The van der Waals surface area contributed by atoms with Crippen LogP contribution in [0.1, 0.15) is 25.3 Å². The molecule has 0 saturated carbocycles. The molecule has 1 N–H and O–H groups in total. The van der Waals surface area contributed by atoms with Gasteiger partial charge in [-0.2, -0.15) is 0 Å². The molecule has 0 spiro atoms. The fourth-order valence-electron chi connectivity index (χ4n) is 3.43. The van der Waals surface area contributed by atoms with Crippen LogP contribution in [-0.2, 0) is 16.1 Å². The van der Waals surface area contributed by atoms with Crippen molar-refractivity contribution in [2.45, 2.75) is 32.4 Å². The zero-order valence-corrected chi connectivity index (χ0v) is 18.9. The minimum Gasteiger partial charge on any atom is -0.368 e. The highest BCUT2D eigenvalue weighted by molar-refractivity contribution is 14.0. The maximum atomic E-state index is 12.5. The predicted molar refractivity (Wildman–Crippen MR) is 120 cm³/mol. The average molecular weight is 517 g/mol. The first kappa shape index (κ1) is 23.3. The zero-order chi connectivity index (χ0) is 19.9. The van der Waals surface area contributed by atoms with Gasteiger partial charge in [-0.3, -0.25) is 14.9 Å². The highest BCUT2D eigenvalue weighted by Crippen LogP contribution is 2.16. The molecule has 0 aliphatic carbocycles. The molecule has 1 aromatic carbocycles. The lowest BCUT2D eigenvalue weighted by Gasteiger charge is -2.37. The molecule has 1 atom stereocenters. The van der Waals surface area contributed by atoms with E-state index in [1.54, 1.807) is 12.1 Å². The molecule has 2 fully saturated rings. The predicted octanol–water partition coefficient (Wildman–Crippen LogP) is 2.00. The number of nitro groups is 1. The van der Waals surface area contributed by atoms with Crippen LogP contribution in [0.2, 0.25) is 0 Å². The number of carbonyl (C=O) groups is 1. The number of rotatable bonds is 5. The van der Waals surface area contributed by atoms with Gasteiger partial charge < -0.3 is 19.9 Å². The van der Waals surface area contributed by atoms with Gasteiger partial charge in [0.25, 0.3) is 11.6 Å². The summed E-state index contributed by atoms with van der Waals surface area (Å²) in [6, 6.07) is 6.44. The van der Waals surface area contributed by atoms with E-state index in [-0.39, 0.29) is 41.7 Å². The number of ether oxygens (including phenoxy) is 1. The van der Waals surface area contributed by atoms with Crippen molar-refractivity contribution in [2.24, 2.45) is 4.99 Å². The van der Waals surface area contributed by atoms with Crippen molar-refractivity contribution < 1.29 is 14.5 Å². The van der Waals surface area contributed by atoms with Crippen LogP contribution in [0.5, 0.6) is 0 Å². The lowest BCUT2D eigenvalue weighted by atomic mass is 10.2. The molecule has 3 rings (SSSR count). The van der Waals surface area contributed by atoms with Gasteiger partial charge in [-0.05, 0) is 25.3 Å². The van der Waals surface area contributed by atoms with Crippen molar-refractivity contribution in [2.75, 3.05) is 39.3 Å². The fourth-order valence-corrected chi connectivity index (χ4v) is 3.43. The third kappa shape index (κ3) is 6.26. The molecule has 2 heterocycles. The minimum atomic E-state index is -0.408. The molecule has 0 radical (unpaired) electrons. The summed E-state index contributed by atoms with van der Waals surface area (Å²) in [6.45, 7) is 6.61. The largest absolute Gasteiger partial charge is 0.368 e. The van der Waals surface area contributed by atoms with Gasteiger partial charge in [-0.15, -0.1) is 24.0 Å². The van der Waals surface area contributed by atoms with Gasteiger partial charge in [0.05, 0.1) is 11.5 Å². The molecule has 1 unspecified atom stereocenters. The Balaban J connectivity index is 0.00000300. The first-order valence-corrected chi connectivity index (χ1v) is 9.75. The Hall–Kier alpha value is -1.95. The third-order valence-corrected chi connectivity index (χ3v) is 4.99. The summed E-state index contributed by atoms with van der Waals surface area (Å²) in [5, 5.41) is 14.0. The number of nitrogens with zero attached hydrogens (tertiary/aromatic N) is 4. The standard InChI is InChI=1S/C19H27N5O4.HI/c1-2-20-19(21-14-15-5-7-16(8-6-15)24(26)27)23-11-9-22(10-12-23)18(25)17-4-3-13-28-17;/h5-8,17H,2-4,9-14H2,1H3,(H,20,21);1H. The van der Waals surface area contributed by atoms with Gasteiger partial charge in [-0.25, -0.2) is 4.99 Å². The van der Waals surface area contributed by atoms with Gasteiger partial charge in [0.15, 0.2) is 5.96 Å². The van der Waals surface area contributed by atoms with Crippen LogP contribution < -0.4 is 5.32 Å². The summed E-state index contributed by atoms with van der Waals surface area (Å²) in [6.07, 6.45) is 1.50. The lowest BCUT2D eigenvalue weighted by Crippen LogP contribution is -2.55. The molecule has 0 bridgehead atoms. The van der Waals surface area contributed by atoms with Crippen LogP contribution in [0.4, 0.5) is 5.69 Å². The molecular formula is C19H28IN5O4. The van der Waals surface area contributed by atoms with E-state index in [2.05, 4.69) is 15.2 Å². The average Bonchev–Trinajstić information content (AvgIpc) is 3.26. The Morgan fingerprint density at radius 2 is 1.90 bits per heavy atom. The third-order valence-electron chi connectivity index (χ3n) is 4.99. The smallest absolute Gasteiger partial charge is 0.269 e. The molecule has 1 amide bonds. The van der Waals surface area contributed by atoms with Gasteiger partial charge >= 0.3 is 0 Å². The Kier molecular flexibility index (Phi) is 9.08. The summed E-state index contributed by atoms with van der Waals surface area (Å²) in [4.78, 5) is 31.5. The van der Waals surface area contributed by atoms with Crippen molar-refractivity contribution in [3.05, 3.63) is 39.9 Å². The van der Waals surface area contributed by atoms with Crippen LogP contribution in [0.25, 0.3) is 0 Å².